The highest BCUT2D eigenvalue weighted by atomic mass is 79.9. The first-order valence-corrected chi connectivity index (χ1v) is 6.01. The molecule has 0 fully saturated rings. The van der Waals surface area contributed by atoms with Crippen LogP contribution in [0.25, 0.3) is 0 Å². The molecule has 0 atom stereocenters. The Morgan fingerprint density at radius 2 is 2.00 bits per heavy atom. The number of pyridine rings is 1. The third-order valence-electron chi connectivity index (χ3n) is 2.34. The van der Waals surface area contributed by atoms with Crippen molar-refractivity contribution in [2.75, 3.05) is 23.9 Å². The number of methoxy groups -OCH3 is 1. The van der Waals surface area contributed by atoms with Gasteiger partial charge in [0, 0.05) is 16.2 Å². The van der Waals surface area contributed by atoms with E-state index in [9.17, 15) is 0 Å². The van der Waals surface area contributed by atoms with Gasteiger partial charge in [-0.15, -0.1) is 0 Å². The van der Waals surface area contributed by atoms with E-state index < -0.39 is 0 Å². The average Bonchev–Trinajstić information content (AvgIpc) is 2.33. The van der Waals surface area contributed by atoms with Crippen LogP contribution in [-0.2, 0) is 0 Å². The molecule has 5 N–H and O–H groups in total. The van der Waals surface area contributed by atoms with Gasteiger partial charge in [0.2, 0.25) is 0 Å². The van der Waals surface area contributed by atoms with Crippen LogP contribution in [0.4, 0.5) is 23.0 Å². The lowest BCUT2D eigenvalue weighted by Gasteiger charge is -2.09. The van der Waals surface area contributed by atoms with Gasteiger partial charge in [-0.3, -0.25) is 0 Å². The van der Waals surface area contributed by atoms with Crippen molar-refractivity contribution in [3.05, 3.63) is 34.8 Å². The fraction of sp³-hybridized carbons (Fsp3) is 0.0833. The second-order valence-corrected chi connectivity index (χ2v) is 4.59. The smallest absolute Gasteiger partial charge is 0.149 e. The molecule has 0 radical (unpaired) electrons. The van der Waals surface area contributed by atoms with Gasteiger partial charge in [0.25, 0.3) is 0 Å². The highest BCUT2D eigenvalue weighted by molar-refractivity contribution is 9.10. The molecule has 0 saturated carbocycles. The molecular formula is C12H13BrN4O. The van der Waals surface area contributed by atoms with Crippen molar-refractivity contribution in [2.45, 2.75) is 0 Å². The molecule has 0 spiro atoms. The van der Waals surface area contributed by atoms with E-state index in [1.165, 1.54) is 0 Å². The molecule has 0 aliphatic heterocycles. The molecule has 0 amide bonds. The van der Waals surface area contributed by atoms with Crippen molar-refractivity contribution in [1.82, 2.24) is 4.98 Å². The summed E-state index contributed by atoms with van der Waals surface area (Å²) in [6.45, 7) is 0. The number of hydrogen-bond donors (Lipinski definition) is 3. The number of ether oxygens (including phenoxy) is 1. The van der Waals surface area contributed by atoms with Gasteiger partial charge in [0.05, 0.1) is 12.8 Å². The molecule has 0 saturated heterocycles. The lowest BCUT2D eigenvalue weighted by atomic mass is 10.3. The van der Waals surface area contributed by atoms with Crippen molar-refractivity contribution < 1.29 is 4.74 Å². The Hall–Kier alpha value is -1.95. The van der Waals surface area contributed by atoms with E-state index in [0.717, 1.165) is 15.9 Å². The topological polar surface area (TPSA) is 86.2 Å². The summed E-state index contributed by atoms with van der Waals surface area (Å²) in [4.78, 5) is 4.14. The minimum Gasteiger partial charge on any atom is -0.497 e. The number of nitrogens with zero attached hydrogens (tertiary/aromatic N) is 1. The Bertz CT molecular complexity index is 574. The van der Waals surface area contributed by atoms with Crippen molar-refractivity contribution >= 4 is 38.9 Å². The second kappa shape index (κ2) is 5.14. The number of nitrogen functional groups attached to an aromatic ring is 2. The van der Waals surface area contributed by atoms with E-state index in [0.29, 0.717) is 17.3 Å². The molecule has 2 aromatic rings. The summed E-state index contributed by atoms with van der Waals surface area (Å²) in [6.07, 6.45) is 0. The molecule has 1 heterocycles. The highest BCUT2D eigenvalue weighted by Gasteiger charge is 2.03. The normalized spacial score (nSPS) is 10.1. The molecule has 0 aliphatic carbocycles. The predicted octanol–water partition coefficient (Wildman–Crippen LogP) is 2.76. The van der Waals surface area contributed by atoms with Crippen LogP contribution >= 0.6 is 15.9 Å². The first kappa shape index (κ1) is 12.5. The zero-order valence-electron chi connectivity index (χ0n) is 9.77. The van der Waals surface area contributed by atoms with E-state index >= 15 is 0 Å². The summed E-state index contributed by atoms with van der Waals surface area (Å²) in [7, 11) is 1.62. The summed E-state index contributed by atoms with van der Waals surface area (Å²) in [5, 5.41) is 3.13. The van der Waals surface area contributed by atoms with E-state index in [4.69, 9.17) is 16.2 Å². The van der Waals surface area contributed by atoms with Crippen LogP contribution in [0, 0.1) is 0 Å². The lowest BCUT2D eigenvalue weighted by Crippen LogP contribution is -2.01. The van der Waals surface area contributed by atoms with Gasteiger partial charge >= 0.3 is 0 Å². The van der Waals surface area contributed by atoms with Gasteiger partial charge in [-0.25, -0.2) is 4.98 Å². The molecule has 5 nitrogen and oxygen atoms in total. The van der Waals surface area contributed by atoms with Crippen LogP contribution in [-0.4, -0.2) is 12.1 Å². The molecule has 0 unspecified atom stereocenters. The van der Waals surface area contributed by atoms with E-state index in [-0.39, 0.29) is 0 Å². The van der Waals surface area contributed by atoms with Crippen LogP contribution in [0.2, 0.25) is 0 Å². The minimum absolute atomic E-state index is 0.307. The number of benzene rings is 1. The zero-order valence-corrected chi connectivity index (χ0v) is 11.4. The Kier molecular flexibility index (Phi) is 3.57. The summed E-state index contributed by atoms with van der Waals surface area (Å²) in [5.74, 6) is 1.68. The van der Waals surface area contributed by atoms with Crippen molar-refractivity contribution in [3.63, 3.8) is 0 Å². The molecule has 0 aliphatic rings. The van der Waals surface area contributed by atoms with Gasteiger partial charge in [-0.1, -0.05) is 15.9 Å². The summed E-state index contributed by atoms with van der Waals surface area (Å²) in [6, 6.07) is 9.12. The molecule has 1 aromatic heterocycles. The van der Waals surface area contributed by atoms with Gasteiger partial charge in [0.15, 0.2) is 0 Å². The molecule has 18 heavy (non-hydrogen) atoms. The summed E-state index contributed by atoms with van der Waals surface area (Å²) < 4.78 is 6.09. The quantitative estimate of drug-likeness (QED) is 0.811. The summed E-state index contributed by atoms with van der Waals surface area (Å²) in [5.41, 5.74) is 12.6. The molecule has 6 heteroatoms. The van der Waals surface area contributed by atoms with E-state index in [1.54, 1.807) is 19.2 Å². The fourth-order valence-corrected chi connectivity index (χ4v) is 1.93. The Labute approximate surface area is 113 Å². The Balaban J connectivity index is 2.27. The van der Waals surface area contributed by atoms with Crippen LogP contribution in [0.15, 0.2) is 34.8 Å². The third-order valence-corrected chi connectivity index (χ3v) is 2.79. The van der Waals surface area contributed by atoms with Gasteiger partial charge in [0.1, 0.15) is 17.4 Å². The maximum Gasteiger partial charge on any atom is 0.149 e. The molecule has 0 bridgehead atoms. The number of anilines is 4. The Morgan fingerprint density at radius 1 is 1.22 bits per heavy atom. The number of hydrogen-bond acceptors (Lipinski definition) is 5. The molecular weight excluding hydrogens is 296 g/mol. The summed E-state index contributed by atoms with van der Waals surface area (Å²) >= 11 is 3.41. The lowest BCUT2D eigenvalue weighted by molar-refractivity contribution is 0.415. The first-order valence-electron chi connectivity index (χ1n) is 5.22. The van der Waals surface area contributed by atoms with Gasteiger partial charge < -0.3 is 21.5 Å². The average molecular weight is 309 g/mol. The maximum atomic E-state index is 5.65. The number of aromatic nitrogens is 1. The van der Waals surface area contributed by atoms with Crippen molar-refractivity contribution in [2.24, 2.45) is 0 Å². The predicted molar refractivity (Wildman–Crippen MR) is 77.0 cm³/mol. The fourth-order valence-electron chi connectivity index (χ4n) is 1.46. The van der Waals surface area contributed by atoms with Crippen LogP contribution in [0.3, 0.4) is 0 Å². The number of nitrogens with two attached hydrogens (primary N) is 2. The highest BCUT2D eigenvalue weighted by Crippen LogP contribution is 2.27. The van der Waals surface area contributed by atoms with Gasteiger partial charge in [-0.05, 0) is 24.3 Å². The van der Waals surface area contributed by atoms with Crippen molar-refractivity contribution in [1.29, 1.82) is 0 Å². The first-order chi connectivity index (χ1) is 8.58. The minimum atomic E-state index is 0.307. The standard InChI is InChI=1S/C12H13BrN4O/c1-18-9-5-7(13)4-8(6-9)16-11-3-2-10(14)12(15)17-11/h2-6H,14H2,1H3,(H3,15,16,17). The van der Waals surface area contributed by atoms with E-state index in [1.807, 2.05) is 18.2 Å². The monoisotopic (exact) mass is 308 g/mol. The van der Waals surface area contributed by atoms with E-state index in [2.05, 4.69) is 26.2 Å². The number of nitrogens with one attached hydrogen (secondary N) is 1. The zero-order chi connectivity index (χ0) is 13.1. The van der Waals surface area contributed by atoms with Crippen LogP contribution in [0.1, 0.15) is 0 Å². The molecule has 1 aromatic carbocycles. The third kappa shape index (κ3) is 2.84. The van der Waals surface area contributed by atoms with Crippen LogP contribution in [0.5, 0.6) is 5.75 Å². The largest absolute Gasteiger partial charge is 0.497 e. The Morgan fingerprint density at radius 3 is 2.67 bits per heavy atom. The van der Waals surface area contributed by atoms with Crippen molar-refractivity contribution in [3.8, 4) is 5.75 Å². The van der Waals surface area contributed by atoms with Gasteiger partial charge in [-0.2, -0.15) is 0 Å². The number of rotatable bonds is 3. The second-order valence-electron chi connectivity index (χ2n) is 3.68. The SMILES string of the molecule is COc1cc(Br)cc(Nc2ccc(N)c(N)n2)c1. The molecule has 2 rings (SSSR count). The maximum absolute atomic E-state index is 5.65. The van der Waals surface area contributed by atoms with Crippen LogP contribution < -0.4 is 21.5 Å². The molecule has 94 valence electrons. The number of halogens is 1.